The molecule has 7 nitrogen and oxygen atoms in total. The highest BCUT2D eigenvalue weighted by Crippen LogP contribution is 2.19. The van der Waals surface area contributed by atoms with E-state index in [1.54, 1.807) is 48.3 Å². The fourth-order valence-corrected chi connectivity index (χ4v) is 2.75. The molecule has 0 radical (unpaired) electrons. The summed E-state index contributed by atoms with van der Waals surface area (Å²) in [6.45, 7) is 1.07. The van der Waals surface area contributed by atoms with Crippen LogP contribution in [0.1, 0.15) is 10.4 Å². The number of amides is 4. The SMILES string of the molecule is CN(CC(=O)Nc1ccccc1)C(=O)c1cccc(N2CCNC2=O)c1. The van der Waals surface area contributed by atoms with E-state index in [0.717, 1.165) is 0 Å². The van der Waals surface area contributed by atoms with E-state index in [1.807, 2.05) is 18.2 Å². The summed E-state index contributed by atoms with van der Waals surface area (Å²) in [6.07, 6.45) is 0. The molecule has 7 heteroatoms. The van der Waals surface area contributed by atoms with Gasteiger partial charge in [0.2, 0.25) is 5.91 Å². The van der Waals surface area contributed by atoms with E-state index >= 15 is 0 Å². The Hall–Kier alpha value is -3.35. The molecule has 2 aromatic rings. The van der Waals surface area contributed by atoms with Gasteiger partial charge in [0.05, 0.1) is 6.54 Å². The molecule has 1 fully saturated rings. The smallest absolute Gasteiger partial charge is 0.321 e. The second-order valence-corrected chi connectivity index (χ2v) is 6.01. The number of para-hydroxylation sites is 1. The predicted molar refractivity (Wildman–Crippen MR) is 99.2 cm³/mol. The Morgan fingerprint density at radius 1 is 1.15 bits per heavy atom. The van der Waals surface area contributed by atoms with Gasteiger partial charge in [-0.25, -0.2) is 4.79 Å². The summed E-state index contributed by atoms with van der Waals surface area (Å²) >= 11 is 0. The number of hydrogen-bond acceptors (Lipinski definition) is 3. The van der Waals surface area contributed by atoms with E-state index in [4.69, 9.17) is 0 Å². The highest BCUT2D eigenvalue weighted by Gasteiger charge is 2.22. The van der Waals surface area contributed by atoms with Gasteiger partial charge in [-0.05, 0) is 30.3 Å². The van der Waals surface area contributed by atoms with Crippen molar-refractivity contribution in [3.63, 3.8) is 0 Å². The second-order valence-electron chi connectivity index (χ2n) is 6.01. The molecule has 1 aliphatic heterocycles. The number of nitrogens with zero attached hydrogens (tertiary/aromatic N) is 2. The average molecular weight is 352 g/mol. The maximum atomic E-state index is 12.6. The van der Waals surface area contributed by atoms with Crippen LogP contribution in [0.15, 0.2) is 54.6 Å². The van der Waals surface area contributed by atoms with Crippen LogP contribution < -0.4 is 15.5 Å². The van der Waals surface area contributed by atoms with Crippen LogP contribution in [0.4, 0.5) is 16.2 Å². The molecule has 0 bridgehead atoms. The van der Waals surface area contributed by atoms with Gasteiger partial charge in [0.25, 0.3) is 5.91 Å². The van der Waals surface area contributed by atoms with E-state index in [9.17, 15) is 14.4 Å². The van der Waals surface area contributed by atoms with Gasteiger partial charge in [-0.15, -0.1) is 0 Å². The molecule has 0 saturated carbocycles. The number of carbonyl (C=O) groups excluding carboxylic acids is 3. The number of urea groups is 1. The Morgan fingerprint density at radius 3 is 2.62 bits per heavy atom. The second kappa shape index (κ2) is 7.69. The molecule has 2 N–H and O–H groups in total. The molecular formula is C19H20N4O3. The van der Waals surface area contributed by atoms with Gasteiger partial charge in [0.15, 0.2) is 0 Å². The van der Waals surface area contributed by atoms with Crippen LogP contribution in [0, 0.1) is 0 Å². The van der Waals surface area contributed by atoms with Crippen LogP contribution in [-0.4, -0.2) is 49.4 Å². The van der Waals surface area contributed by atoms with Gasteiger partial charge in [-0.2, -0.15) is 0 Å². The Bertz CT molecular complexity index is 823. The number of hydrogen-bond donors (Lipinski definition) is 2. The van der Waals surface area contributed by atoms with Gasteiger partial charge in [-0.1, -0.05) is 24.3 Å². The van der Waals surface area contributed by atoms with Crippen molar-refractivity contribution in [2.24, 2.45) is 0 Å². The van der Waals surface area contributed by atoms with Crippen molar-refractivity contribution in [2.45, 2.75) is 0 Å². The van der Waals surface area contributed by atoms with Gasteiger partial charge < -0.3 is 15.5 Å². The van der Waals surface area contributed by atoms with Crippen LogP contribution in [0.5, 0.6) is 0 Å². The van der Waals surface area contributed by atoms with Crippen molar-refractivity contribution in [1.82, 2.24) is 10.2 Å². The van der Waals surface area contributed by atoms with Crippen LogP contribution in [0.3, 0.4) is 0 Å². The Balaban J connectivity index is 1.64. The highest BCUT2D eigenvalue weighted by atomic mass is 16.2. The van der Waals surface area contributed by atoms with E-state index in [1.165, 1.54) is 4.90 Å². The van der Waals surface area contributed by atoms with Gasteiger partial charge in [-0.3, -0.25) is 14.5 Å². The first-order valence-corrected chi connectivity index (χ1v) is 8.30. The lowest BCUT2D eigenvalue weighted by Crippen LogP contribution is -2.35. The van der Waals surface area contributed by atoms with Crippen LogP contribution in [-0.2, 0) is 4.79 Å². The van der Waals surface area contributed by atoms with Gasteiger partial charge in [0, 0.05) is 37.1 Å². The lowest BCUT2D eigenvalue weighted by molar-refractivity contribution is -0.116. The summed E-state index contributed by atoms with van der Waals surface area (Å²) in [5, 5.41) is 5.47. The van der Waals surface area contributed by atoms with Crippen molar-refractivity contribution in [3.05, 3.63) is 60.2 Å². The van der Waals surface area contributed by atoms with E-state index in [0.29, 0.717) is 30.0 Å². The Labute approximate surface area is 151 Å². The molecule has 0 unspecified atom stereocenters. The minimum Gasteiger partial charge on any atom is -0.336 e. The van der Waals surface area contributed by atoms with Crippen molar-refractivity contribution < 1.29 is 14.4 Å². The number of anilines is 2. The van der Waals surface area contributed by atoms with Gasteiger partial charge in [0.1, 0.15) is 0 Å². The molecule has 0 atom stereocenters. The Kier molecular flexibility index (Phi) is 5.17. The summed E-state index contributed by atoms with van der Waals surface area (Å²) in [6, 6.07) is 15.7. The zero-order valence-corrected chi connectivity index (χ0v) is 14.4. The third-order valence-electron chi connectivity index (χ3n) is 4.05. The summed E-state index contributed by atoms with van der Waals surface area (Å²) in [7, 11) is 1.57. The molecule has 134 valence electrons. The maximum absolute atomic E-state index is 12.6. The number of benzene rings is 2. The van der Waals surface area contributed by atoms with Crippen LogP contribution in [0.2, 0.25) is 0 Å². The third-order valence-corrected chi connectivity index (χ3v) is 4.05. The Morgan fingerprint density at radius 2 is 1.92 bits per heavy atom. The monoisotopic (exact) mass is 352 g/mol. The normalized spacial score (nSPS) is 13.3. The first-order valence-electron chi connectivity index (χ1n) is 8.30. The van der Waals surface area contributed by atoms with Crippen LogP contribution >= 0.6 is 0 Å². The van der Waals surface area contributed by atoms with Crippen molar-refractivity contribution >= 4 is 29.2 Å². The maximum Gasteiger partial charge on any atom is 0.321 e. The van der Waals surface area contributed by atoms with E-state index in [2.05, 4.69) is 10.6 Å². The van der Waals surface area contributed by atoms with Crippen molar-refractivity contribution in [2.75, 3.05) is 36.9 Å². The molecular weight excluding hydrogens is 332 g/mol. The van der Waals surface area contributed by atoms with Crippen LogP contribution in [0.25, 0.3) is 0 Å². The first-order chi connectivity index (χ1) is 12.5. The largest absolute Gasteiger partial charge is 0.336 e. The third kappa shape index (κ3) is 4.00. The molecule has 0 spiro atoms. The molecule has 3 rings (SSSR count). The molecule has 1 heterocycles. The summed E-state index contributed by atoms with van der Waals surface area (Å²) in [5.74, 6) is -0.559. The van der Waals surface area contributed by atoms with Crippen molar-refractivity contribution in [3.8, 4) is 0 Å². The predicted octanol–water partition coefficient (Wildman–Crippen LogP) is 1.93. The quantitative estimate of drug-likeness (QED) is 0.863. The number of likely N-dealkylation sites (N-methyl/N-ethyl adjacent to an activating group) is 1. The average Bonchev–Trinajstić information content (AvgIpc) is 3.08. The standard InChI is InChI=1S/C19H20N4O3/c1-22(13-17(24)21-15-7-3-2-4-8-15)18(25)14-6-5-9-16(12-14)23-11-10-20-19(23)26/h2-9,12H,10-11,13H2,1H3,(H,20,26)(H,21,24). The molecule has 1 saturated heterocycles. The fourth-order valence-electron chi connectivity index (χ4n) is 2.75. The van der Waals surface area contributed by atoms with E-state index in [-0.39, 0.29) is 24.4 Å². The lowest BCUT2D eigenvalue weighted by Gasteiger charge is -2.19. The van der Waals surface area contributed by atoms with Gasteiger partial charge >= 0.3 is 6.03 Å². The topological polar surface area (TPSA) is 81.8 Å². The zero-order valence-electron chi connectivity index (χ0n) is 14.4. The van der Waals surface area contributed by atoms with E-state index < -0.39 is 0 Å². The first kappa shape index (κ1) is 17.5. The fraction of sp³-hybridized carbons (Fsp3) is 0.211. The van der Waals surface area contributed by atoms with Crippen molar-refractivity contribution in [1.29, 1.82) is 0 Å². The zero-order chi connectivity index (χ0) is 18.5. The number of nitrogens with one attached hydrogen (secondary N) is 2. The highest BCUT2D eigenvalue weighted by molar-refractivity contribution is 6.01. The molecule has 26 heavy (non-hydrogen) atoms. The molecule has 4 amide bonds. The minimum atomic E-state index is -0.283. The minimum absolute atomic E-state index is 0.0673. The lowest BCUT2D eigenvalue weighted by atomic mass is 10.1. The molecule has 2 aromatic carbocycles. The molecule has 0 aromatic heterocycles. The summed E-state index contributed by atoms with van der Waals surface area (Å²) < 4.78 is 0. The summed E-state index contributed by atoms with van der Waals surface area (Å²) in [4.78, 5) is 39.4. The molecule has 1 aliphatic rings. The number of carbonyl (C=O) groups is 3. The molecule has 0 aliphatic carbocycles. The number of rotatable bonds is 5. The summed E-state index contributed by atoms with van der Waals surface area (Å²) in [5.41, 5.74) is 1.77.